The van der Waals surface area contributed by atoms with Crippen LogP contribution in [0.15, 0.2) is 17.3 Å². The van der Waals surface area contributed by atoms with Gasteiger partial charge in [-0.05, 0) is 18.6 Å². The zero-order chi connectivity index (χ0) is 8.27. The molecule has 1 rings (SSSR count). The largest absolute Gasteiger partial charge is 0.242 e. The number of nitrogens with zero attached hydrogens (tertiary/aromatic N) is 2. The van der Waals surface area contributed by atoms with E-state index >= 15 is 0 Å². The summed E-state index contributed by atoms with van der Waals surface area (Å²) >= 11 is 5.59. The molecule has 0 aliphatic rings. The Hall–Kier alpha value is -1.18. The Bertz CT molecular complexity index is 318. The van der Waals surface area contributed by atoms with Gasteiger partial charge < -0.3 is 0 Å². The Morgan fingerprint density at radius 1 is 1.73 bits per heavy atom. The molecule has 0 saturated heterocycles. The minimum Gasteiger partial charge on any atom is -0.242 e. The second kappa shape index (κ2) is 3.28. The van der Waals surface area contributed by atoms with Gasteiger partial charge in [0.25, 0.3) is 0 Å². The highest BCUT2D eigenvalue weighted by molar-refractivity contribution is 6.31. The van der Waals surface area contributed by atoms with Gasteiger partial charge in [0.05, 0.1) is 0 Å². The van der Waals surface area contributed by atoms with E-state index in [1.165, 1.54) is 6.08 Å². The molecule has 11 heavy (non-hydrogen) atoms. The van der Waals surface area contributed by atoms with Crippen molar-refractivity contribution in [3.05, 3.63) is 23.0 Å². The molecule has 0 unspecified atom stereocenters. The molecule has 0 spiro atoms. The third-order valence-electron chi connectivity index (χ3n) is 1.12. The highest BCUT2D eigenvalue weighted by Crippen LogP contribution is 2.21. The van der Waals surface area contributed by atoms with Crippen LogP contribution in [-0.4, -0.2) is 11.1 Å². The number of carbonyl (C=O) groups excluding carboxylic acids is 1. The van der Waals surface area contributed by atoms with Crippen molar-refractivity contribution >= 4 is 23.4 Å². The molecule has 0 atom stereocenters. The van der Waals surface area contributed by atoms with Gasteiger partial charge in [0, 0.05) is 6.20 Å². The van der Waals surface area contributed by atoms with Gasteiger partial charge in [-0.25, -0.2) is 9.78 Å². The number of halogens is 1. The van der Waals surface area contributed by atoms with Crippen LogP contribution in [0.5, 0.6) is 0 Å². The fourth-order valence-corrected chi connectivity index (χ4v) is 0.810. The van der Waals surface area contributed by atoms with Crippen LogP contribution in [0.25, 0.3) is 0 Å². The summed E-state index contributed by atoms with van der Waals surface area (Å²) < 4.78 is 0. The van der Waals surface area contributed by atoms with Gasteiger partial charge in [-0.15, -0.1) is 0 Å². The molecular weight excluding hydrogens is 164 g/mol. The van der Waals surface area contributed by atoms with Crippen LogP contribution in [0.2, 0.25) is 5.15 Å². The SMILES string of the molecule is Cc1cnc(Cl)c(N=C=O)c1. The van der Waals surface area contributed by atoms with Crippen LogP contribution in [0, 0.1) is 6.92 Å². The number of hydrogen-bond donors (Lipinski definition) is 0. The zero-order valence-corrected chi connectivity index (χ0v) is 6.59. The van der Waals surface area contributed by atoms with E-state index < -0.39 is 0 Å². The van der Waals surface area contributed by atoms with E-state index in [1.807, 2.05) is 6.92 Å². The fraction of sp³-hybridized carbons (Fsp3) is 0.143. The average Bonchev–Trinajstić information content (AvgIpc) is 1.98. The topological polar surface area (TPSA) is 42.3 Å². The van der Waals surface area contributed by atoms with Crippen LogP contribution in [0.4, 0.5) is 5.69 Å². The normalized spacial score (nSPS) is 8.91. The molecule has 0 N–H and O–H groups in total. The summed E-state index contributed by atoms with van der Waals surface area (Å²) in [5, 5.41) is 0.221. The molecule has 0 aromatic carbocycles. The maximum Gasteiger partial charge on any atom is 0.240 e. The fourth-order valence-electron chi connectivity index (χ4n) is 0.665. The number of rotatable bonds is 1. The molecule has 0 aliphatic carbocycles. The predicted molar refractivity (Wildman–Crippen MR) is 41.8 cm³/mol. The molecule has 0 radical (unpaired) electrons. The lowest BCUT2D eigenvalue weighted by molar-refractivity contribution is 0.565. The zero-order valence-electron chi connectivity index (χ0n) is 5.84. The van der Waals surface area contributed by atoms with Gasteiger partial charge in [0.2, 0.25) is 6.08 Å². The quantitative estimate of drug-likeness (QED) is 0.366. The Kier molecular flexibility index (Phi) is 2.36. The van der Waals surface area contributed by atoms with Crippen LogP contribution < -0.4 is 0 Å². The van der Waals surface area contributed by atoms with Gasteiger partial charge in [-0.1, -0.05) is 11.6 Å². The van der Waals surface area contributed by atoms with E-state index in [0.717, 1.165) is 5.56 Å². The average molecular weight is 169 g/mol. The first-order chi connectivity index (χ1) is 5.24. The summed E-state index contributed by atoms with van der Waals surface area (Å²) in [6, 6.07) is 1.67. The molecular formula is C7H5ClN2O. The van der Waals surface area contributed by atoms with E-state index in [4.69, 9.17) is 11.6 Å². The molecule has 1 heterocycles. The third-order valence-corrected chi connectivity index (χ3v) is 1.41. The first kappa shape index (κ1) is 7.92. The van der Waals surface area contributed by atoms with Crippen molar-refractivity contribution < 1.29 is 4.79 Å². The van der Waals surface area contributed by atoms with Gasteiger partial charge in [0.1, 0.15) is 5.69 Å². The van der Waals surface area contributed by atoms with Crippen LogP contribution in [0.3, 0.4) is 0 Å². The van der Waals surface area contributed by atoms with E-state index in [-0.39, 0.29) is 5.15 Å². The summed E-state index contributed by atoms with van der Waals surface area (Å²) in [4.78, 5) is 17.0. The van der Waals surface area contributed by atoms with Crippen LogP contribution >= 0.6 is 11.6 Å². The van der Waals surface area contributed by atoms with Crippen molar-refractivity contribution in [2.75, 3.05) is 0 Å². The first-order valence-corrected chi connectivity index (χ1v) is 3.32. The Balaban J connectivity index is 3.22. The van der Waals surface area contributed by atoms with Gasteiger partial charge >= 0.3 is 0 Å². The lowest BCUT2D eigenvalue weighted by atomic mass is 10.3. The molecule has 0 bridgehead atoms. The second-order valence-corrected chi connectivity index (χ2v) is 2.38. The maximum atomic E-state index is 9.86. The van der Waals surface area contributed by atoms with Crippen LogP contribution in [0.1, 0.15) is 5.56 Å². The number of aryl methyl sites for hydroxylation is 1. The van der Waals surface area contributed by atoms with Gasteiger partial charge in [0.15, 0.2) is 5.15 Å². The highest BCUT2D eigenvalue weighted by atomic mass is 35.5. The molecule has 0 amide bonds. The van der Waals surface area contributed by atoms with Crippen molar-refractivity contribution in [3.8, 4) is 0 Å². The minimum absolute atomic E-state index is 0.221. The maximum absolute atomic E-state index is 9.86. The van der Waals surface area contributed by atoms with Crippen molar-refractivity contribution in [2.45, 2.75) is 6.92 Å². The van der Waals surface area contributed by atoms with Gasteiger partial charge in [-0.3, -0.25) is 0 Å². The Morgan fingerprint density at radius 2 is 2.45 bits per heavy atom. The minimum atomic E-state index is 0.221. The smallest absolute Gasteiger partial charge is 0.240 e. The monoisotopic (exact) mass is 168 g/mol. The van der Waals surface area contributed by atoms with Crippen molar-refractivity contribution in [1.29, 1.82) is 0 Å². The third kappa shape index (κ3) is 1.87. The summed E-state index contributed by atoms with van der Waals surface area (Å²) in [6.45, 7) is 1.84. The Morgan fingerprint density at radius 3 is 3.09 bits per heavy atom. The lowest BCUT2D eigenvalue weighted by Crippen LogP contribution is -1.77. The standard InChI is InChI=1S/C7H5ClN2O/c1-5-2-6(10-4-11)7(8)9-3-5/h2-3H,1H3. The highest BCUT2D eigenvalue weighted by Gasteiger charge is 1.98. The molecule has 3 nitrogen and oxygen atoms in total. The number of hydrogen-bond acceptors (Lipinski definition) is 3. The van der Waals surface area contributed by atoms with E-state index in [1.54, 1.807) is 12.3 Å². The molecule has 4 heteroatoms. The summed E-state index contributed by atoms with van der Waals surface area (Å²) in [5.74, 6) is 0. The Labute approximate surface area is 68.7 Å². The number of pyridine rings is 1. The number of aliphatic imine (C=N–C) groups is 1. The summed E-state index contributed by atoms with van der Waals surface area (Å²) in [7, 11) is 0. The summed E-state index contributed by atoms with van der Waals surface area (Å²) in [6.07, 6.45) is 3.01. The van der Waals surface area contributed by atoms with E-state index in [2.05, 4.69) is 9.98 Å². The lowest BCUT2D eigenvalue weighted by Gasteiger charge is -1.94. The molecule has 1 aromatic rings. The first-order valence-electron chi connectivity index (χ1n) is 2.94. The van der Waals surface area contributed by atoms with E-state index in [0.29, 0.717) is 5.69 Å². The van der Waals surface area contributed by atoms with Crippen molar-refractivity contribution in [1.82, 2.24) is 4.98 Å². The molecule has 1 aromatic heterocycles. The molecule has 0 aliphatic heterocycles. The van der Waals surface area contributed by atoms with Crippen molar-refractivity contribution in [3.63, 3.8) is 0 Å². The number of isocyanates is 1. The van der Waals surface area contributed by atoms with Crippen molar-refractivity contribution in [2.24, 2.45) is 4.99 Å². The van der Waals surface area contributed by atoms with E-state index in [9.17, 15) is 4.79 Å². The van der Waals surface area contributed by atoms with Gasteiger partial charge in [-0.2, -0.15) is 4.99 Å². The molecule has 56 valence electrons. The summed E-state index contributed by atoms with van der Waals surface area (Å²) in [5.41, 5.74) is 1.27. The van der Waals surface area contributed by atoms with Crippen LogP contribution in [-0.2, 0) is 4.79 Å². The number of aromatic nitrogens is 1. The molecule has 0 saturated carbocycles. The molecule has 0 fully saturated rings. The second-order valence-electron chi connectivity index (χ2n) is 2.03. The predicted octanol–water partition coefficient (Wildman–Crippen LogP) is 2.01.